The Kier molecular flexibility index (Phi) is 4.41. The van der Waals surface area contributed by atoms with E-state index in [2.05, 4.69) is 10.3 Å². The van der Waals surface area contributed by atoms with E-state index in [9.17, 15) is 9.59 Å². The minimum atomic E-state index is -0.748. The molecule has 126 valence electrons. The molecule has 1 saturated heterocycles. The topological polar surface area (TPSA) is 67.2 Å². The van der Waals surface area contributed by atoms with Crippen molar-refractivity contribution >= 4 is 11.8 Å². The van der Waals surface area contributed by atoms with Gasteiger partial charge in [-0.2, -0.15) is 0 Å². The highest BCUT2D eigenvalue weighted by Gasteiger charge is 2.46. The summed E-state index contributed by atoms with van der Waals surface area (Å²) >= 11 is 0. The maximum absolute atomic E-state index is 12.9. The Bertz CT molecular complexity index is 591. The summed E-state index contributed by atoms with van der Waals surface area (Å²) in [6, 6.07) is 0.276. The van der Waals surface area contributed by atoms with Gasteiger partial charge in [0.05, 0.1) is 12.5 Å². The minimum absolute atomic E-state index is 0.00202. The molecule has 23 heavy (non-hydrogen) atoms. The molecule has 3 rings (SSSR count). The van der Waals surface area contributed by atoms with E-state index in [0.29, 0.717) is 18.8 Å². The van der Waals surface area contributed by atoms with Crippen LogP contribution in [0, 0.1) is 0 Å². The number of hydrogen-bond acceptors (Lipinski definition) is 3. The number of likely N-dealkylation sites (tertiary alicyclic amines) is 1. The van der Waals surface area contributed by atoms with Gasteiger partial charge >= 0.3 is 0 Å². The molecular formula is C17H26N4O2. The van der Waals surface area contributed by atoms with Crippen molar-refractivity contribution in [1.29, 1.82) is 0 Å². The molecule has 2 fully saturated rings. The van der Waals surface area contributed by atoms with Crippen LogP contribution >= 0.6 is 0 Å². The molecule has 1 atom stereocenters. The van der Waals surface area contributed by atoms with Gasteiger partial charge in [0.1, 0.15) is 11.2 Å². The molecule has 2 amide bonds. The molecule has 6 nitrogen and oxygen atoms in total. The third-order valence-corrected chi connectivity index (χ3v) is 5.34. The van der Waals surface area contributed by atoms with E-state index in [1.807, 2.05) is 18.4 Å². The summed E-state index contributed by atoms with van der Waals surface area (Å²) in [4.78, 5) is 31.6. The molecule has 6 heteroatoms. The highest BCUT2D eigenvalue weighted by Crippen LogP contribution is 2.31. The molecule has 1 aromatic heterocycles. The highest BCUT2D eigenvalue weighted by molar-refractivity contribution is 5.98. The van der Waals surface area contributed by atoms with Gasteiger partial charge in [-0.05, 0) is 39.5 Å². The first-order valence-electron chi connectivity index (χ1n) is 8.69. The van der Waals surface area contributed by atoms with Crippen LogP contribution < -0.4 is 5.32 Å². The van der Waals surface area contributed by atoms with Crippen molar-refractivity contribution < 1.29 is 9.59 Å². The lowest BCUT2D eigenvalue weighted by Crippen LogP contribution is -2.57. The second-order valence-electron chi connectivity index (χ2n) is 6.85. The average molecular weight is 318 g/mol. The van der Waals surface area contributed by atoms with Gasteiger partial charge in [-0.15, -0.1) is 0 Å². The van der Waals surface area contributed by atoms with Crippen molar-refractivity contribution in [2.24, 2.45) is 0 Å². The minimum Gasteiger partial charge on any atom is -0.351 e. The lowest BCUT2D eigenvalue weighted by atomic mass is 9.96. The quantitative estimate of drug-likeness (QED) is 0.923. The number of rotatable bonds is 4. The van der Waals surface area contributed by atoms with Gasteiger partial charge in [-0.1, -0.05) is 12.8 Å². The Morgan fingerprint density at radius 1 is 1.35 bits per heavy atom. The fraction of sp³-hybridized carbons (Fsp3) is 0.706. The van der Waals surface area contributed by atoms with Crippen LogP contribution in [-0.2, 0) is 11.3 Å². The maximum Gasteiger partial charge on any atom is 0.273 e. The Balaban J connectivity index is 1.78. The van der Waals surface area contributed by atoms with Crippen LogP contribution in [0.2, 0.25) is 0 Å². The number of imidazole rings is 1. The number of amides is 2. The predicted octanol–water partition coefficient (Wildman–Crippen LogP) is 1.96. The van der Waals surface area contributed by atoms with E-state index < -0.39 is 5.54 Å². The molecule has 1 aliphatic carbocycles. The molecule has 0 aromatic carbocycles. The van der Waals surface area contributed by atoms with E-state index in [-0.39, 0.29) is 17.9 Å². The summed E-state index contributed by atoms with van der Waals surface area (Å²) in [5, 5.41) is 3.16. The van der Waals surface area contributed by atoms with Crippen LogP contribution in [0.4, 0.5) is 0 Å². The van der Waals surface area contributed by atoms with Crippen LogP contribution in [0.5, 0.6) is 0 Å². The van der Waals surface area contributed by atoms with Gasteiger partial charge in [0.25, 0.3) is 5.91 Å². The van der Waals surface area contributed by atoms with Crippen LogP contribution in [-0.4, -0.2) is 44.4 Å². The number of carbonyl (C=O) groups is 2. The highest BCUT2D eigenvalue weighted by atomic mass is 16.2. The lowest BCUT2D eigenvalue weighted by Gasteiger charge is -2.35. The van der Waals surface area contributed by atoms with Gasteiger partial charge in [-0.3, -0.25) is 9.59 Å². The molecule has 2 aliphatic rings. The van der Waals surface area contributed by atoms with Gasteiger partial charge in [0.2, 0.25) is 5.91 Å². The lowest BCUT2D eigenvalue weighted by molar-refractivity contribution is -0.130. The van der Waals surface area contributed by atoms with E-state index >= 15 is 0 Å². The Labute approximate surface area is 137 Å². The van der Waals surface area contributed by atoms with Crippen molar-refractivity contribution in [3.63, 3.8) is 0 Å². The number of aryl methyl sites for hydroxylation is 1. The number of nitrogens with one attached hydrogen (secondary N) is 1. The van der Waals surface area contributed by atoms with E-state index in [1.54, 1.807) is 17.4 Å². The van der Waals surface area contributed by atoms with Crippen molar-refractivity contribution in [3.8, 4) is 0 Å². The zero-order chi connectivity index (χ0) is 16.4. The molecule has 0 spiro atoms. The summed E-state index contributed by atoms with van der Waals surface area (Å²) in [7, 11) is 0. The zero-order valence-electron chi connectivity index (χ0n) is 14.0. The molecule has 2 heterocycles. The largest absolute Gasteiger partial charge is 0.351 e. The summed E-state index contributed by atoms with van der Waals surface area (Å²) in [5.41, 5.74) is -0.183. The number of carbonyl (C=O) groups excluding carboxylic acids is 2. The normalized spacial score (nSPS) is 25.0. The maximum atomic E-state index is 12.9. The number of hydrogen-bond donors (Lipinski definition) is 1. The molecule has 0 radical (unpaired) electrons. The molecule has 1 aliphatic heterocycles. The van der Waals surface area contributed by atoms with Gasteiger partial charge in [-0.25, -0.2) is 4.98 Å². The van der Waals surface area contributed by atoms with Crippen LogP contribution in [0.25, 0.3) is 0 Å². The van der Waals surface area contributed by atoms with Crippen molar-refractivity contribution in [3.05, 3.63) is 18.2 Å². The molecule has 1 N–H and O–H groups in total. The van der Waals surface area contributed by atoms with Crippen LogP contribution in [0.1, 0.15) is 62.9 Å². The van der Waals surface area contributed by atoms with Crippen molar-refractivity contribution in [1.82, 2.24) is 19.8 Å². The smallest absolute Gasteiger partial charge is 0.273 e. The summed E-state index contributed by atoms with van der Waals surface area (Å²) < 4.78 is 1.83. The fourth-order valence-electron chi connectivity index (χ4n) is 3.83. The SMILES string of the molecule is CCn1cncc1C(=O)N1CCC[C@]1(C)C(=O)NC1CCCC1. The Morgan fingerprint density at radius 2 is 2.09 bits per heavy atom. The Hall–Kier alpha value is -1.85. The van der Waals surface area contributed by atoms with Crippen LogP contribution in [0.3, 0.4) is 0 Å². The summed E-state index contributed by atoms with van der Waals surface area (Å²) in [5.74, 6) is -0.0938. The van der Waals surface area contributed by atoms with Crippen LogP contribution in [0.15, 0.2) is 12.5 Å². The van der Waals surface area contributed by atoms with Crippen molar-refractivity contribution in [2.45, 2.75) is 70.5 Å². The fourth-order valence-corrected chi connectivity index (χ4v) is 3.83. The third-order valence-electron chi connectivity index (χ3n) is 5.34. The first-order chi connectivity index (χ1) is 11.1. The number of aromatic nitrogens is 2. The van der Waals surface area contributed by atoms with E-state index in [1.165, 1.54) is 12.8 Å². The Morgan fingerprint density at radius 3 is 2.78 bits per heavy atom. The molecule has 0 bridgehead atoms. The third kappa shape index (κ3) is 2.86. The van der Waals surface area contributed by atoms with E-state index in [4.69, 9.17) is 0 Å². The molecular weight excluding hydrogens is 292 g/mol. The zero-order valence-corrected chi connectivity index (χ0v) is 14.0. The molecule has 0 unspecified atom stereocenters. The standard InChI is InChI=1S/C17H26N4O2/c1-3-20-12-18-11-14(20)15(22)21-10-6-9-17(21,2)16(23)19-13-7-4-5-8-13/h11-13H,3-10H2,1-2H3,(H,19,23)/t17-/m1/s1. The number of nitrogens with zero attached hydrogens (tertiary/aromatic N) is 3. The van der Waals surface area contributed by atoms with Gasteiger partial charge in [0, 0.05) is 19.1 Å². The van der Waals surface area contributed by atoms with Gasteiger partial charge < -0.3 is 14.8 Å². The second-order valence-corrected chi connectivity index (χ2v) is 6.85. The molecule has 1 aromatic rings. The summed E-state index contributed by atoms with van der Waals surface area (Å²) in [6.45, 7) is 5.20. The second kappa shape index (κ2) is 6.34. The first-order valence-corrected chi connectivity index (χ1v) is 8.69. The van der Waals surface area contributed by atoms with Crippen molar-refractivity contribution in [2.75, 3.05) is 6.54 Å². The van der Waals surface area contributed by atoms with Gasteiger partial charge in [0.15, 0.2) is 0 Å². The predicted molar refractivity (Wildman–Crippen MR) is 87.0 cm³/mol. The molecule has 1 saturated carbocycles. The monoisotopic (exact) mass is 318 g/mol. The summed E-state index contributed by atoms with van der Waals surface area (Å²) in [6.07, 6.45) is 9.31. The van der Waals surface area contributed by atoms with E-state index in [0.717, 1.165) is 25.7 Å². The average Bonchev–Trinajstić information content (AvgIpc) is 3.26. The first kappa shape index (κ1) is 16.0.